The molecular weight excluding hydrogens is 354 g/mol. The molecule has 0 aromatic carbocycles. The van der Waals surface area contributed by atoms with Crippen LogP contribution in [0.2, 0.25) is 0 Å². The summed E-state index contributed by atoms with van der Waals surface area (Å²) in [6, 6.07) is 4.84. The first-order valence-corrected chi connectivity index (χ1v) is 10.8. The van der Waals surface area contributed by atoms with E-state index in [-0.39, 0.29) is 6.04 Å². The highest BCUT2D eigenvalue weighted by atomic mass is 16.5. The second-order valence-electron chi connectivity index (χ2n) is 7.81. The van der Waals surface area contributed by atoms with Crippen LogP contribution in [-0.2, 0) is 4.74 Å². The van der Waals surface area contributed by atoms with Crippen molar-refractivity contribution in [2.75, 3.05) is 59.0 Å². The number of hydrogen-bond donors (Lipinski definition) is 2. The van der Waals surface area contributed by atoms with Crippen LogP contribution in [0.5, 0.6) is 0 Å². The van der Waals surface area contributed by atoms with Gasteiger partial charge in [0.25, 0.3) is 0 Å². The quantitative estimate of drug-likeness (QED) is 0.522. The Labute approximate surface area is 169 Å². The number of rotatable bonds is 8. The fourth-order valence-electron chi connectivity index (χ4n) is 3.99. The van der Waals surface area contributed by atoms with E-state index >= 15 is 0 Å². The first kappa shape index (κ1) is 21.1. The van der Waals surface area contributed by atoms with Gasteiger partial charge in [0.1, 0.15) is 11.5 Å². The number of likely N-dealkylation sites (tertiary alicyclic amines) is 1. The Kier molecular flexibility index (Phi) is 8.18. The van der Waals surface area contributed by atoms with Crippen molar-refractivity contribution in [1.82, 2.24) is 20.4 Å². The molecule has 2 unspecified atom stereocenters. The van der Waals surface area contributed by atoms with Crippen LogP contribution in [0.3, 0.4) is 0 Å². The number of morpholine rings is 1. The zero-order valence-corrected chi connectivity index (χ0v) is 17.7. The predicted molar refractivity (Wildman–Crippen MR) is 113 cm³/mol. The van der Waals surface area contributed by atoms with Gasteiger partial charge in [0.05, 0.1) is 25.8 Å². The lowest BCUT2D eigenvalue weighted by atomic mass is 10.2. The lowest BCUT2D eigenvalue weighted by Gasteiger charge is -2.31. The van der Waals surface area contributed by atoms with Crippen LogP contribution in [0.15, 0.2) is 21.5 Å². The third-order valence-corrected chi connectivity index (χ3v) is 5.66. The van der Waals surface area contributed by atoms with E-state index in [1.807, 2.05) is 6.92 Å². The van der Waals surface area contributed by atoms with Gasteiger partial charge in [-0.25, -0.2) is 0 Å². The van der Waals surface area contributed by atoms with Gasteiger partial charge in [-0.3, -0.25) is 14.8 Å². The van der Waals surface area contributed by atoms with Crippen molar-refractivity contribution < 1.29 is 9.15 Å². The largest absolute Gasteiger partial charge is 0.465 e. The van der Waals surface area contributed by atoms with Crippen molar-refractivity contribution >= 4 is 5.96 Å². The van der Waals surface area contributed by atoms with Gasteiger partial charge in [-0.15, -0.1) is 0 Å². The van der Waals surface area contributed by atoms with E-state index in [1.165, 1.54) is 12.8 Å². The molecular formula is C21H37N5O2. The van der Waals surface area contributed by atoms with Crippen LogP contribution in [0, 0.1) is 6.92 Å². The van der Waals surface area contributed by atoms with Gasteiger partial charge in [-0.1, -0.05) is 0 Å². The Morgan fingerprint density at radius 1 is 1.11 bits per heavy atom. The number of aliphatic imine (C=N–C) groups is 1. The molecule has 3 rings (SSSR count). The molecule has 2 aliphatic rings. The van der Waals surface area contributed by atoms with Crippen molar-refractivity contribution in [2.24, 2.45) is 4.99 Å². The van der Waals surface area contributed by atoms with Crippen molar-refractivity contribution in [1.29, 1.82) is 0 Å². The smallest absolute Gasteiger partial charge is 0.191 e. The Hall–Kier alpha value is -1.57. The van der Waals surface area contributed by atoms with E-state index in [2.05, 4.69) is 46.4 Å². The monoisotopic (exact) mass is 391 g/mol. The minimum Gasteiger partial charge on any atom is -0.465 e. The molecule has 0 saturated carbocycles. The van der Waals surface area contributed by atoms with Gasteiger partial charge < -0.3 is 19.8 Å². The van der Waals surface area contributed by atoms with Crippen LogP contribution >= 0.6 is 0 Å². The average Bonchev–Trinajstić information content (AvgIpc) is 3.39. The molecule has 1 aromatic heterocycles. The Bertz CT molecular complexity index is 606. The normalized spacial score (nSPS) is 21.6. The standard InChI is InChI=1S/C21H37N5O2/c1-4-22-21(23-15-17(2)25-11-13-27-14-12-25)24-16-19(26-9-5-6-10-26)20-8-7-18(3)28-20/h7-8,17,19H,4-6,9-16H2,1-3H3,(H2,22,23,24). The Balaban J connectivity index is 1.59. The van der Waals surface area contributed by atoms with Gasteiger partial charge in [0.2, 0.25) is 0 Å². The molecule has 2 N–H and O–H groups in total. The van der Waals surface area contributed by atoms with Gasteiger partial charge >= 0.3 is 0 Å². The molecule has 7 nitrogen and oxygen atoms in total. The molecule has 7 heteroatoms. The van der Waals surface area contributed by atoms with E-state index < -0.39 is 0 Å². The van der Waals surface area contributed by atoms with Crippen molar-refractivity contribution in [3.05, 3.63) is 23.7 Å². The molecule has 0 spiro atoms. The molecule has 2 aliphatic heterocycles. The topological polar surface area (TPSA) is 65.3 Å². The van der Waals surface area contributed by atoms with Gasteiger partial charge in [-0.2, -0.15) is 0 Å². The Morgan fingerprint density at radius 2 is 1.86 bits per heavy atom. The molecule has 0 bridgehead atoms. The maximum atomic E-state index is 5.97. The third kappa shape index (κ3) is 5.96. The SMILES string of the molecule is CCNC(=NCC(C)N1CCOCC1)NCC(c1ccc(C)o1)N1CCCC1. The molecule has 2 fully saturated rings. The maximum Gasteiger partial charge on any atom is 0.191 e. The first-order chi connectivity index (χ1) is 13.7. The summed E-state index contributed by atoms with van der Waals surface area (Å²) in [7, 11) is 0. The van der Waals surface area contributed by atoms with Gasteiger partial charge in [0, 0.05) is 32.2 Å². The number of furan rings is 1. The van der Waals surface area contributed by atoms with Gasteiger partial charge in [0.15, 0.2) is 5.96 Å². The van der Waals surface area contributed by atoms with Crippen molar-refractivity contribution in [3.63, 3.8) is 0 Å². The summed E-state index contributed by atoms with van der Waals surface area (Å²) < 4.78 is 11.4. The van der Waals surface area contributed by atoms with Crippen molar-refractivity contribution in [3.8, 4) is 0 Å². The fourth-order valence-corrected chi connectivity index (χ4v) is 3.99. The zero-order valence-electron chi connectivity index (χ0n) is 17.7. The molecule has 2 saturated heterocycles. The summed E-state index contributed by atoms with van der Waals surface area (Å²) >= 11 is 0. The Morgan fingerprint density at radius 3 is 2.50 bits per heavy atom. The second-order valence-corrected chi connectivity index (χ2v) is 7.81. The number of nitrogens with one attached hydrogen (secondary N) is 2. The van der Waals surface area contributed by atoms with E-state index in [4.69, 9.17) is 14.1 Å². The third-order valence-electron chi connectivity index (χ3n) is 5.66. The number of guanidine groups is 1. The highest BCUT2D eigenvalue weighted by molar-refractivity contribution is 5.79. The lowest BCUT2D eigenvalue weighted by Crippen LogP contribution is -2.45. The molecule has 0 amide bonds. The summed E-state index contributed by atoms with van der Waals surface area (Å²) in [5.41, 5.74) is 0. The summed E-state index contributed by atoms with van der Waals surface area (Å²) in [5.74, 6) is 2.90. The van der Waals surface area contributed by atoms with Crippen LogP contribution in [0.4, 0.5) is 0 Å². The number of nitrogens with zero attached hydrogens (tertiary/aromatic N) is 3. The molecule has 0 radical (unpaired) electrons. The first-order valence-electron chi connectivity index (χ1n) is 10.8. The van der Waals surface area contributed by atoms with Gasteiger partial charge in [-0.05, 0) is 58.8 Å². The number of ether oxygens (including phenoxy) is 1. The second kappa shape index (κ2) is 10.8. The number of hydrogen-bond acceptors (Lipinski definition) is 5. The van der Waals surface area contributed by atoms with Crippen molar-refractivity contribution in [2.45, 2.75) is 45.7 Å². The maximum absolute atomic E-state index is 5.97. The highest BCUT2D eigenvalue weighted by Crippen LogP contribution is 2.26. The molecule has 1 aromatic rings. The van der Waals surface area contributed by atoms with E-state index in [9.17, 15) is 0 Å². The minimum absolute atomic E-state index is 0.247. The molecule has 158 valence electrons. The van der Waals surface area contributed by atoms with E-state index in [0.29, 0.717) is 6.04 Å². The average molecular weight is 392 g/mol. The summed E-state index contributed by atoms with van der Waals surface area (Å²) in [6.45, 7) is 14.7. The summed E-state index contributed by atoms with van der Waals surface area (Å²) in [5, 5.41) is 6.95. The van der Waals surface area contributed by atoms with E-state index in [1.54, 1.807) is 0 Å². The fraction of sp³-hybridized carbons (Fsp3) is 0.762. The minimum atomic E-state index is 0.247. The van der Waals surface area contributed by atoms with Crippen LogP contribution in [0.1, 0.15) is 44.3 Å². The van der Waals surface area contributed by atoms with Crippen LogP contribution < -0.4 is 10.6 Å². The zero-order chi connectivity index (χ0) is 19.8. The van der Waals surface area contributed by atoms with Crippen LogP contribution in [0.25, 0.3) is 0 Å². The van der Waals surface area contributed by atoms with Crippen LogP contribution in [-0.4, -0.2) is 80.8 Å². The lowest BCUT2D eigenvalue weighted by molar-refractivity contribution is 0.0220. The van der Waals surface area contributed by atoms with E-state index in [0.717, 1.165) is 76.5 Å². The summed E-state index contributed by atoms with van der Waals surface area (Å²) in [6.07, 6.45) is 2.53. The molecule has 28 heavy (non-hydrogen) atoms. The molecule has 2 atom stereocenters. The highest BCUT2D eigenvalue weighted by Gasteiger charge is 2.26. The molecule has 3 heterocycles. The molecule has 0 aliphatic carbocycles. The predicted octanol–water partition coefficient (Wildman–Crippen LogP) is 2.00. The number of aryl methyl sites for hydroxylation is 1. The summed E-state index contributed by atoms with van der Waals surface area (Å²) in [4.78, 5) is 9.82.